The third-order valence-electron chi connectivity index (χ3n) is 0.827. The summed E-state index contributed by atoms with van der Waals surface area (Å²) in [7, 11) is 16.9. The molecular weight excluding hydrogens is 278 g/mol. The summed E-state index contributed by atoms with van der Waals surface area (Å²) < 4.78 is 4.94. The number of ether oxygens (including phenoxy) is 1. The van der Waals surface area contributed by atoms with Gasteiger partial charge in [-0.2, -0.15) is 0 Å². The van der Waals surface area contributed by atoms with Crippen LogP contribution in [0.25, 0.3) is 0 Å². The Kier molecular flexibility index (Phi) is 7.24. The van der Waals surface area contributed by atoms with Crippen molar-refractivity contribution in [3.8, 4) is 0 Å². The summed E-state index contributed by atoms with van der Waals surface area (Å²) in [4.78, 5) is 0. The molecule has 10 heavy (non-hydrogen) atoms. The molecular formula is C4H8Cl4GeO. The summed E-state index contributed by atoms with van der Waals surface area (Å²) in [5, 5.41) is 0. The summed E-state index contributed by atoms with van der Waals surface area (Å²) in [6.45, 7) is 2.00. The Morgan fingerprint density at radius 2 is 1.20 bits per heavy atom. The minimum absolute atomic E-state index is 1.00. The molecule has 0 saturated carbocycles. The molecule has 0 N–H and O–H groups in total. The van der Waals surface area contributed by atoms with Crippen LogP contribution in [0, 0.1) is 0 Å². The first-order valence-corrected chi connectivity index (χ1v) is 13.9. The number of hydrogen-bond donors (Lipinski definition) is 0. The Hall–Kier alpha value is 1.66. The molecule has 1 rings (SSSR count). The summed E-state index contributed by atoms with van der Waals surface area (Å²) in [6, 6.07) is 0. The van der Waals surface area contributed by atoms with Gasteiger partial charge >= 0.3 is 49.6 Å². The fraction of sp³-hybridized carbons (Fsp3) is 1.00. The molecule has 6 heteroatoms. The second kappa shape index (κ2) is 6.21. The summed E-state index contributed by atoms with van der Waals surface area (Å²) in [5.74, 6) is 0. The molecule has 0 radical (unpaired) electrons. The number of rotatable bonds is 0. The molecule has 1 aliphatic heterocycles. The van der Waals surface area contributed by atoms with Gasteiger partial charge in [-0.25, -0.2) is 0 Å². The van der Waals surface area contributed by atoms with E-state index in [0.29, 0.717) is 0 Å². The van der Waals surface area contributed by atoms with Crippen molar-refractivity contribution in [1.29, 1.82) is 0 Å². The van der Waals surface area contributed by atoms with Crippen LogP contribution in [0.4, 0.5) is 0 Å². The van der Waals surface area contributed by atoms with Gasteiger partial charge in [-0.1, -0.05) is 0 Å². The number of halogens is 4. The van der Waals surface area contributed by atoms with Gasteiger partial charge in [-0.05, 0) is 12.8 Å². The van der Waals surface area contributed by atoms with Crippen molar-refractivity contribution < 1.29 is 4.74 Å². The van der Waals surface area contributed by atoms with Crippen LogP contribution in [0.15, 0.2) is 0 Å². The molecule has 0 bridgehead atoms. The van der Waals surface area contributed by atoms with E-state index in [9.17, 15) is 0 Å². The Labute approximate surface area is 80.0 Å². The van der Waals surface area contributed by atoms with E-state index in [0.717, 1.165) is 13.2 Å². The molecule has 62 valence electrons. The molecule has 0 amide bonds. The van der Waals surface area contributed by atoms with Gasteiger partial charge in [-0.3, -0.25) is 0 Å². The topological polar surface area (TPSA) is 9.23 Å². The van der Waals surface area contributed by atoms with Crippen LogP contribution >= 0.6 is 40.0 Å². The van der Waals surface area contributed by atoms with Crippen LogP contribution in [0.5, 0.6) is 0 Å². The zero-order chi connectivity index (χ0) is 8.04. The van der Waals surface area contributed by atoms with Crippen molar-refractivity contribution in [2.45, 2.75) is 12.8 Å². The van der Waals surface area contributed by atoms with Crippen LogP contribution in [0.2, 0.25) is 0 Å². The molecule has 0 spiro atoms. The normalized spacial score (nSPS) is 18.0. The molecule has 0 aromatic heterocycles. The van der Waals surface area contributed by atoms with E-state index in [1.807, 2.05) is 0 Å². The molecule has 1 heterocycles. The molecule has 0 aliphatic carbocycles. The summed E-state index contributed by atoms with van der Waals surface area (Å²) in [6.07, 6.45) is 2.56. The van der Waals surface area contributed by atoms with E-state index >= 15 is 0 Å². The van der Waals surface area contributed by atoms with Crippen LogP contribution in [-0.2, 0) is 4.74 Å². The van der Waals surface area contributed by atoms with Crippen LogP contribution in [-0.4, -0.2) is 22.8 Å². The Bertz CT molecular complexity index is 66.2. The summed E-state index contributed by atoms with van der Waals surface area (Å²) in [5.41, 5.74) is 0. The van der Waals surface area contributed by atoms with E-state index in [1.165, 1.54) is 12.8 Å². The maximum absolute atomic E-state index is 5.01. The Balaban J connectivity index is 0.000000162. The van der Waals surface area contributed by atoms with Crippen molar-refractivity contribution in [2.24, 2.45) is 0 Å². The number of hydrogen-bond acceptors (Lipinski definition) is 1. The molecule has 0 atom stereocenters. The predicted octanol–water partition coefficient (Wildman–Crippen LogP) is 3.17. The van der Waals surface area contributed by atoms with E-state index in [2.05, 4.69) is 0 Å². The van der Waals surface area contributed by atoms with Gasteiger partial charge in [-0.15, -0.1) is 0 Å². The zero-order valence-corrected chi connectivity index (χ0v) is 10.4. The van der Waals surface area contributed by atoms with Gasteiger partial charge in [0.25, 0.3) is 0 Å². The van der Waals surface area contributed by atoms with Gasteiger partial charge in [0, 0.05) is 13.2 Å². The van der Waals surface area contributed by atoms with Crippen molar-refractivity contribution >= 4 is 49.6 Å². The van der Waals surface area contributed by atoms with Crippen LogP contribution in [0.3, 0.4) is 0 Å². The van der Waals surface area contributed by atoms with Crippen molar-refractivity contribution in [3.05, 3.63) is 0 Å². The van der Waals surface area contributed by atoms with E-state index in [4.69, 9.17) is 44.8 Å². The Morgan fingerprint density at radius 1 is 0.900 bits per heavy atom. The van der Waals surface area contributed by atoms with Crippen LogP contribution in [0.1, 0.15) is 12.8 Å². The van der Waals surface area contributed by atoms with Gasteiger partial charge in [0.1, 0.15) is 0 Å². The minimum atomic E-state index is -3.11. The fourth-order valence-electron chi connectivity index (χ4n) is 0.510. The predicted molar refractivity (Wildman–Crippen MR) is 49.2 cm³/mol. The molecule has 0 unspecified atom stereocenters. The quantitative estimate of drug-likeness (QED) is 0.622. The first-order valence-electron chi connectivity index (χ1n) is 2.83. The van der Waals surface area contributed by atoms with Gasteiger partial charge in [0.15, 0.2) is 0 Å². The van der Waals surface area contributed by atoms with E-state index in [1.54, 1.807) is 0 Å². The third kappa shape index (κ3) is 16.3. The van der Waals surface area contributed by atoms with Crippen molar-refractivity contribution in [2.75, 3.05) is 13.2 Å². The first kappa shape index (κ1) is 11.7. The van der Waals surface area contributed by atoms with E-state index < -0.39 is 9.55 Å². The Morgan fingerprint density at radius 3 is 1.30 bits per heavy atom. The monoisotopic (exact) mass is 286 g/mol. The van der Waals surface area contributed by atoms with Crippen molar-refractivity contribution in [1.82, 2.24) is 0 Å². The van der Waals surface area contributed by atoms with Gasteiger partial charge in [0.2, 0.25) is 0 Å². The van der Waals surface area contributed by atoms with E-state index in [-0.39, 0.29) is 0 Å². The zero-order valence-electron chi connectivity index (χ0n) is 5.25. The summed E-state index contributed by atoms with van der Waals surface area (Å²) >= 11 is 0. The molecule has 1 aliphatic rings. The first-order chi connectivity index (χ1) is 4.50. The average molecular weight is 287 g/mol. The maximum atomic E-state index is 5.01. The molecule has 1 fully saturated rings. The molecule has 0 aromatic carbocycles. The third-order valence-corrected chi connectivity index (χ3v) is 0.827. The molecule has 1 nitrogen and oxygen atoms in total. The van der Waals surface area contributed by atoms with Gasteiger partial charge in [0.05, 0.1) is 0 Å². The van der Waals surface area contributed by atoms with Crippen LogP contribution < -0.4 is 0 Å². The molecule has 0 aromatic rings. The fourth-order valence-corrected chi connectivity index (χ4v) is 0.510. The molecule has 1 saturated heterocycles. The van der Waals surface area contributed by atoms with Crippen molar-refractivity contribution in [3.63, 3.8) is 0 Å². The average Bonchev–Trinajstić information content (AvgIpc) is 2.07. The standard InChI is InChI=1S/C4H8O.Cl4Ge/c1-2-4-5-3-1;1-5(2,3)4/h1-4H2;. The SMILES string of the molecule is C1CCOC1.[Cl][Ge]([Cl])([Cl])[Cl]. The second-order valence-corrected chi connectivity index (χ2v) is 21.4. The van der Waals surface area contributed by atoms with Gasteiger partial charge < -0.3 is 4.74 Å². The second-order valence-electron chi connectivity index (χ2n) is 1.75.